The lowest BCUT2D eigenvalue weighted by atomic mass is 9.90. The minimum absolute atomic E-state index is 0.133. The van der Waals surface area contributed by atoms with Gasteiger partial charge in [0.05, 0.1) is 6.61 Å². The Morgan fingerprint density at radius 2 is 1.83 bits per heavy atom. The van der Waals surface area contributed by atoms with Crippen molar-refractivity contribution in [1.82, 2.24) is 4.90 Å². The van der Waals surface area contributed by atoms with E-state index in [1.54, 1.807) is 0 Å². The molecule has 1 N–H and O–H groups in total. The van der Waals surface area contributed by atoms with Crippen LogP contribution in [0.4, 0.5) is 0 Å². The van der Waals surface area contributed by atoms with Gasteiger partial charge in [0.25, 0.3) is 0 Å². The number of benzene rings is 1. The van der Waals surface area contributed by atoms with Crippen LogP contribution in [0.15, 0.2) is 24.3 Å². The van der Waals surface area contributed by atoms with E-state index in [1.807, 2.05) is 12.1 Å². The fraction of sp³-hybridized carbons (Fsp3) is 0.625. The smallest absolute Gasteiger partial charge is 0.0681 e. The third-order valence-electron chi connectivity index (χ3n) is 3.91. The van der Waals surface area contributed by atoms with Crippen molar-refractivity contribution in [3.05, 3.63) is 35.4 Å². The lowest BCUT2D eigenvalue weighted by Gasteiger charge is -2.45. The van der Waals surface area contributed by atoms with Gasteiger partial charge in [-0.15, -0.1) is 0 Å². The monoisotopic (exact) mass is 247 g/mol. The number of aliphatic hydroxyl groups excluding tert-OH is 1. The fourth-order valence-corrected chi connectivity index (χ4v) is 2.93. The molecule has 0 aromatic heterocycles. The molecule has 1 aliphatic rings. The maximum Gasteiger partial charge on any atom is 0.0681 e. The summed E-state index contributed by atoms with van der Waals surface area (Å²) in [6, 6.07) is 8.99. The van der Waals surface area contributed by atoms with Gasteiger partial charge < -0.3 is 5.11 Å². The highest BCUT2D eigenvalue weighted by Gasteiger charge is 2.31. The first-order chi connectivity index (χ1) is 8.52. The molecule has 1 heterocycles. The van der Waals surface area contributed by atoms with Gasteiger partial charge in [-0.25, -0.2) is 0 Å². The van der Waals surface area contributed by atoms with E-state index in [4.69, 9.17) is 5.11 Å². The van der Waals surface area contributed by atoms with Crippen molar-refractivity contribution in [1.29, 1.82) is 0 Å². The normalized spacial score (nSPS) is 22.1. The lowest BCUT2D eigenvalue weighted by Crippen LogP contribution is -2.46. The number of likely N-dealkylation sites (tertiary alicyclic amines) is 1. The molecule has 2 rings (SSSR count). The molecule has 1 aliphatic heterocycles. The summed E-state index contributed by atoms with van der Waals surface area (Å²) < 4.78 is 0. The van der Waals surface area contributed by atoms with Gasteiger partial charge in [-0.2, -0.15) is 0 Å². The van der Waals surface area contributed by atoms with E-state index in [0.29, 0.717) is 6.04 Å². The van der Waals surface area contributed by atoms with E-state index in [1.165, 1.54) is 31.4 Å². The zero-order chi connectivity index (χ0) is 13.2. The highest BCUT2D eigenvalue weighted by Crippen LogP contribution is 2.35. The molecule has 0 amide bonds. The Bertz CT molecular complexity index is 377. The summed E-state index contributed by atoms with van der Waals surface area (Å²) in [5.41, 5.74) is 2.61. The first kappa shape index (κ1) is 13.6. The standard InChI is InChI=1S/C16H25NO/c1-16(2,3)17-11-5-4-6-15(17)14-9-7-13(12-18)8-10-14/h7-10,15,18H,4-6,11-12H2,1-3H3. The zero-order valence-electron chi connectivity index (χ0n) is 11.8. The van der Waals surface area contributed by atoms with Crippen molar-refractivity contribution in [3.8, 4) is 0 Å². The van der Waals surface area contributed by atoms with Gasteiger partial charge in [-0.05, 0) is 51.3 Å². The van der Waals surface area contributed by atoms with Crippen molar-refractivity contribution in [3.63, 3.8) is 0 Å². The van der Waals surface area contributed by atoms with Crippen molar-refractivity contribution in [2.45, 2.75) is 58.2 Å². The van der Waals surface area contributed by atoms with E-state index in [-0.39, 0.29) is 12.1 Å². The molecule has 2 nitrogen and oxygen atoms in total. The van der Waals surface area contributed by atoms with Crippen molar-refractivity contribution in [2.24, 2.45) is 0 Å². The Hall–Kier alpha value is -0.860. The summed E-state index contributed by atoms with van der Waals surface area (Å²) in [5, 5.41) is 9.11. The summed E-state index contributed by atoms with van der Waals surface area (Å²) >= 11 is 0. The third-order valence-corrected chi connectivity index (χ3v) is 3.91. The topological polar surface area (TPSA) is 23.5 Å². The van der Waals surface area contributed by atoms with Crippen LogP contribution < -0.4 is 0 Å². The Morgan fingerprint density at radius 1 is 1.17 bits per heavy atom. The van der Waals surface area contributed by atoms with Crippen molar-refractivity contribution in [2.75, 3.05) is 6.54 Å². The lowest BCUT2D eigenvalue weighted by molar-refractivity contribution is 0.0509. The highest BCUT2D eigenvalue weighted by atomic mass is 16.3. The van der Waals surface area contributed by atoms with Crippen LogP contribution in [0.25, 0.3) is 0 Å². The minimum Gasteiger partial charge on any atom is -0.392 e. The summed E-state index contributed by atoms with van der Waals surface area (Å²) in [6.45, 7) is 8.22. The molecule has 100 valence electrons. The molecule has 1 unspecified atom stereocenters. The molecule has 0 radical (unpaired) electrons. The van der Waals surface area contributed by atoms with Crippen LogP contribution in [-0.4, -0.2) is 22.1 Å². The van der Waals surface area contributed by atoms with Crippen LogP contribution in [-0.2, 0) is 6.61 Å². The van der Waals surface area contributed by atoms with E-state index in [9.17, 15) is 0 Å². The maximum atomic E-state index is 9.11. The summed E-state index contributed by atoms with van der Waals surface area (Å²) in [7, 11) is 0. The quantitative estimate of drug-likeness (QED) is 0.864. The number of nitrogens with zero attached hydrogens (tertiary/aromatic N) is 1. The Morgan fingerprint density at radius 3 is 2.39 bits per heavy atom. The molecule has 0 spiro atoms. The average Bonchev–Trinajstić information content (AvgIpc) is 2.38. The van der Waals surface area contributed by atoms with Crippen molar-refractivity contribution < 1.29 is 5.11 Å². The first-order valence-corrected chi connectivity index (χ1v) is 6.99. The predicted octanol–water partition coefficient (Wildman–Crippen LogP) is 3.50. The number of hydrogen-bond acceptors (Lipinski definition) is 2. The summed E-state index contributed by atoms with van der Waals surface area (Å²) in [5.74, 6) is 0. The molecule has 1 fully saturated rings. The van der Waals surface area contributed by atoms with Gasteiger partial charge in [-0.3, -0.25) is 4.90 Å². The Kier molecular flexibility index (Phi) is 4.08. The largest absolute Gasteiger partial charge is 0.392 e. The molecular weight excluding hydrogens is 222 g/mol. The molecule has 1 aromatic carbocycles. The average molecular weight is 247 g/mol. The van der Waals surface area contributed by atoms with Crippen LogP contribution >= 0.6 is 0 Å². The first-order valence-electron chi connectivity index (χ1n) is 6.99. The van der Waals surface area contributed by atoms with E-state index in [2.05, 4.69) is 37.8 Å². The third kappa shape index (κ3) is 2.93. The molecule has 1 saturated heterocycles. The van der Waals surface area contributed by atoms with Gasteiger partial charge in [0.15, 0.2) is 0 Å². The second-order valence-corrected chi connectivity index (χ2v) is 6.28. The molecule has 0 bridgehead atoms. The van der Waals surface area contributed by atoms with Gasteiger partial charge in [-0.1, -0.05) is 30.7 Å². The van der Waals surface area contributed by atoms with Crippen molar-refractivity contribution >= 4 is 0 Å². The number of piperidine rings is 1. The van der Waals surface area contributed by atoms with E-state index >= 15 is 0 Å². The Labute approximate surface area is 111 Å². The predicted molar refractivity (Wildman–Crippen MR) is 75.4 cm³/mol. The molecule has 2 heteroatoms. The second-order valence-electron chi connectivity index (χ2n) is 6.28. The molecule has 18 heavy (non-hydrogen) atoms. The molecule has 0 saturated carbocycles. The molecule has 0 aliphatic carbocycles. The SMILES string of the molecule is CC(C)(C)N1CCCCC1c1ccc(CO)cc1. The van der Waals surface area contributed by atoms with Crippen LogP contribution in [0.3, 0.4) is 0 Å². The number of hydrogen-bond donors (Lipinski definition) is 1. The molecule has 1 aromatic rings. The second kappa shape index (κ2) is 5.41. The molecular formula is C16H25NO. The molecule has 1 atom stereocenters. The van der Waals surface area contributed by atoms with Gasteiger partial charge >= 0.3 is 0 Å². The Balaban J connectivity index is 2.22. The van der Waals surface area contributed by atoms with E-state index in [0.717, 1.165) is 5.56 Å². The van der Waals surface area contributed by atoms with Gasteiger partial charge in [0, 0.05) is 11.6 Å². The van der Waals surface area contributed by atoms with Crippen LogP contribution in [0.2, 0.25) is 0 Å². The summed E-state index contributed by atoms with van der Waals surface area (Å²) in [4.78, 5) is 2.62. The number of aliphatic hydroxyl groups is 1. The fourth-order valence-electron chi connectivity index (χ4n) is 2.93. The van der Waals surface area contributed by atoms with Gasteiger partial charge in [0.1, 0.15) is 0 Å². The zero-order valence-corrected chi connectivity index (χ0v) is 11.8. The van der Waals surface area contributed by atoms with Crippen LogP contribution in [0.1, 0.15) is 57.2 Å². The number of rotatable bonds is 2. The highest BCUT2D eigenvalue weighted by molar-refractivity contribution is 5.25. The van der Waals surface area contributed by atoms with E-state index < -0.39 is 0 Å². The maximum absolute atomic E-state index is 9.11. The van der Waals surface area contributed by atoms with Crippen LogP contribution in [0.5, 0.6) is 0 Å². The summed E-state index contributed by atoms with van der Waals surface area (Å²) in [6.07, 6.45) is 3.87. The van der Waals surface area contributed by atoms with Crippen LogP contribution in [0, 0.1) is 0 Å². The van der Waals surface area contributed by atoms with Gasteiger partial charge in [0.2, 0.25) is 0 Å². The minimum atomic E-state index is 0.133.